The average molecular weight is 193 g/mol. The number of pyridine rings is 1. The maximum atomic E-state index is 5.76. The molecule has 0 amide bonds. The SMILES string of the molecule is CCN(Cc1ccccn1)CC(C)N. The number of hydrogen-bond acceptors (Lipinski definition) is 3. The first kappa shape index (κ1) is 11.1. The van der Waals surface area contributed by atoms with E-state index in [9.17, 15) is 0 Å². The van der Waals surface area contributed by atoms with Crippen molar-refractivity contribution in [2.45, 2.75) is 26.4 Å². The van der Waals surface area contributed by atoms with Gasteiger partial charge in [0.2, 0.25) is 0 Å². The van der Waals surface area contributed by atoms with Crippen LogP contribution in [0.4, 0.5) is 0 Å². The van der Waals surface area contributed by atoms with Crippen molar-refractivity contribution in [1.29, 1.82) is 0 Å². The predicted molar refractivity (Wildman–Crippen MR) is 58.8 cm³/mol. The Morgan fingerprint density at radius 3 is 2.79 bits per heavy atom. The van der Waals surface area contributed by atoms with Crippen LogP contribution in [0.1, 0.15) is 19.5 Å². The smallest absolute Gasteiger partial charge is 0.0543 e. The topological polar surface area (TPSA) is 42.2 Å². The summed E-state index contributed by atoms with van der Waals surface area (Å²) in [4.78, 5) is 6.59. The third-order valence-corrected chi connectivity index (χ3v) is 2.11. The molecule has 78 valence electrons. The van der Waals surface area contributed by atoms with Gasteiger partial charge in [-0.05, 0) is 25.6 Å². The highest BCUT2D eigenvalue weighted by atomic mass is 15.1. The number of aromatic nitrogens is 1. The number of likely N-dealkylation sites (N-methyl/N-ethyl adjacent to an activating group) is 1. The van der Waals surface area contributed by atoms with Crippen molar-refractivity contribution >= 4 is 0 Å². The fourth-order valence-electron chi connectivity index (χ4n) is 1.43. The third-order valence-electron chi connectivity index (χ3n) is 2.11. The molecular weight excluding hydrogens is 174 g/mol. The molecule has 0 saturated heterocycles. The lowest BCUT2D eigenvalue weighted by Crippen LogP contribution is -2.35. The van der Waals surface area contributed by atoms with Gasteiger partial charge >= 0.3 is 0 Å². The van der Waals surface area contributed by atoms with Gasteiger partial charge in [0.1, 0.15) is 0 Å². The molecule has 0 aliphatic carbocycles. The van der Waals surface area contributed by atoms with E-state index in [0.717, 1.165) is 25.3 Å². The van der Waals surface area contributed by atoms with E-state index in [1.807, 2.05) is 31.3 Å². The minimum absolute atomic E-state index is 0.221. The van der Waals surface area contributed by atoms with Crippen LogP contribution >= 0.6 is 0 Å². The molecule has 0 aliphatic heterocycles. The molecule has 0 saturated carbocycles. The van der Waals surface area contributed by atoms with Crippen molar-refractivity contribution in [1.82, 2.24) is 9.88 Å². The Labute approximate surface area is 85.9 Å². The summed E-state index contributed by atoms with van der Waals surface area (Å²) in [6.45, 7) is 7.00. The second-order valence-corrected chi connectivity index (χ2v) is 3.63. The average Bonchev–Trinajstić information content (AvgIpc) is 2.17. The summed E-state index contributed by atoms with van der Waals surface area (Å²) in [5.74, 6) is 0. The van der Waals surface area contributed by atoms with Gasteiger partial charge in [0.05, 0.1) is 5.69 Å². The monoisotopic (exact) mass is 193 g/mol. The van der Waals surface area contributed by atoms with Crippen molar-refractivity contribution in [3.05, 3.63) is 30.1 Å². The van der Waals surface area contributed by atoms with Crippen LogP contribution < -0.4 is 5.73 Å². The van der Waals surface area contributed by atoms with Crippen LogP contribution in [0.2, 0.25) is 0 Å². The first-order valence-corrected chi connectivity index (χ1v) is 5.10. The number of rotatable bonds is 5. The van der Waals surface area contributed by atoms with Gasteiger partial charge in [-0.3, -0.25) is 9.88 Å². The third kappa shape index (κ3) is 3.85. The molecule has 1 atom stereocenters. The minimum Gasteiger partial charge on any atom is -0.327 e. The standard InChI is InChI=1S/C11H19N3/c1-3-14(8-10(2)12)9-11-6-4-5-7-13-11/h4-7,10H,3,8-9,12H2,1-2H3. The predicted octanol–water partition coefficient (Wildman–Crippen LogP) is 1.25. The van der Waals surface area contributed by atoms with Gasteiger partial charge in [-0.1, -0.05) is 13.0 Å². The maximum absolute atomic E-state index is 5.76. The Balaban J connectivity index is 2.48. The molecule has 1 aromatic rings. The summed E-state index contributed by atoms with van der Waals surface area (Å²) >= 11 is 0. The van der Waals surface area contributed by atoms with Crippen molar-refractivity contribution < 1.29 is 0 Å². The summed E-state index contributed by atoms with van der Waals surface area (Å²) < 4.78 is 0. The Hall–Kier alpha value is -0.930. The van der Waals surface area contributed by atoms with Gasteiger partial charge in [-0.25, -0.2) is 0 Å². The summed E-state index contributed by atoms with van der Waals surface area (Å²) in [6.07, 6.45) is 1.83. The van der Waals surface area contributed by atoms with E-state index >= 15 is 0 Å². The fraction of sp³-hybridized carbons (Fsp3) is 0.545. The van der Waals surface area contributed by atoms with Gasteiger partial charge in [0.25, 0.3) is 0 Å². The van der Waals surface area contributed by atoms with Crippen molar-refractivity contribution in [3.63, 3.8) is 0 Å². The first-order chi connectivity index (χ1) is 6.72. The lowest BCUT2D eigenvalue weighted by atomic mass is 10.3. The van der Waals surface area contributed by atoms with E-state index < -0.39 is 0 Å². The molecular formula is C11H19N3. The number of nitrogens with zero attached hydrogens (tertiary/aromatic N) is 2. The molecule has 3 heteroatoms. The highest BCUT2D eigenvalue weighted by Gasteiger charge is 2.06. The van der Waals surface area contributed by atoms with Gasteiger partial charge < -0.3 is 5.73 Å². The number of hydrogen-bond donors (Lipinski definition) is 1. The van der Waals surface area contributed by atoms with Gasteiger partial charge in [-0.15, -0.1) is 0 Å². The molecule has 1 unspecified atom stereocenters. The van der Waals surface area contributed by atoms with Crippen molar-refractivity contribution in [3.8, 4) is 0 Å². The van der Waals surface area contributed by atoms with E-state index in [1.54, 1.807) is 0 Å². The van der Waals surface area contributed by atoms with Crippen LogP contribution in [0.15, 0.2) is 24.4 Å². The Kier molecular flexibility index (Phi) is 4.56. The second-order valence-electron chi connectivity index (χ2n) is 3.63. The van der Waals surface area contributed by atoms with E-state index in [4.69, 9.17) is 5.73 Å². The summed E-state index contributed by atoms with van der Waals surface area (Å²) in [7, 11) is 0. The molecule has 1 rings (SSSR count). The van der Waals surface area contributed by atoms with Crippen LogP contribution in [-0.4, -0.2) is 29.0 Å². The van der Waals surface area contributed by atoms with Gasteiger partial charge in [0.15, 0.2) is 0 Å². The fourth-order valence-corrected chi connectivity index (χ4v) is 1.43. The van der Waals surface area contributed by atoms with Crippen LogP contribution in [0.25, 0.3) is 0 Å². The second kappa shape index (κ2) is 5.73. The summed E-state index contributed by atoms with van der Waals surface area (Å²) in [5.41, 5.74) is 6.87. The summed E-state index contributed by atoms with van der Waals surface area (Å²) in [6, 6.07) is 6.22. The number of nitrogens with two attached hydrogens (primary N) is 1. The Morgan fingerprint density at radius 2 is 2.29 bits per heavy atom. The lowest BCUT2D eigenvalue weighted by molar-refractivity contribution is 0.263. The van der Waals surface area contributed by atoms with Crippen LogP contribution in [-0.2, 0) is 6.54 Å². The first-order valence-electron chi connectivity index (χ1n) is 5.10. The van der Waals surface area contributed by atoms with Crippen molar-refractivity contribution in [2.24, 2.45) is 5.73 Å². The highest BCUT2D eigenvalue weighted by molar-refractivity contribution is 5.03. The zero-order valence-corrected chi connectivity index (χ0v) is 8.98. The molecule has 0 bridgehead atoms. The van der Waals surface area contributed by atoms with E-state index in [2.05, 4.69) is 16.8 Å². The molecule has 0 aromatic carbocycles. The minimum atomic E-state index is 0.221. The molecule has 1 heterocycles. The van der Waals surface area contributed by atoms with E-state index in [-0.39, 0.29) is 6.04 Å². The zero-order valence-electron chi connectivity index (χ0n) is 8.98. The molecule has 3 nitrogen and oxygen atoms in total. The van der Waals surface area contributed by atoms with Gasteiger partial charge in [-0.2, -0.15) is 0 Å². The molecule has 14 heavy (non-hydrogen) atoms. The Morgan fingerprint density at radius 1 is 1.50 bits per heavy atom. The molecule has 0 fully saturated rings. The lowest BCUT2D eigenvalue weighted by Gasteiger charge is -2.21. The molecule has 0 aliphatic rings. The van der Waals surface area contributed by atoms with Crippen LogP contribution in [0.5, 0.6) is 0 Å². The van der Waals surface area contributed by atoms with Crippen LogP contribution in [0.3, 0.4) is 0 Å². The molecule has 1 aromatic heterocycles. The Bertz CT molecular complexity index is 246. The van der Waals surface area contributed by atoms with E-state index in [1.165, 1.54) is 0 Å². The normalized spacial score (nSPS) is 13.1. The molecule has 0 radical (unpaired) electrons. The van der Waals surface area contributed by atoms with Crippen LogP contribution in [0, 0.1) is 0 Å². The van der Waals surface area contributed by atoms with Crippen molar-refractivity contribution in [2.75, 3.05) is 13.1 Å². The largest absolute Gasteiger partial charge is 0.327 e. The maximum Gasteiger partial charge on any atom is 0.0543 e. The molecule has 0 spiro atoms. The molecule has 2 N–H and O–H groups in total. The quantitative estimate of drug-likeness (QED) is 0.765. The zero-order chi connectivity index (χ0) is 10.4. The van der Waals surface area contributed by atoms with E-state index in [0.29, 0.717) is 0 Å². The summed E-state index contributed by atoms with van der Waals surface area (Å²) in [5, 5.41) is 0. The highest BCUT2D eigenvalue weighted by Crippen LogP contribution is 2.00. The van der Waals surface area contributed by atoms with Gasteiger partial charge in [0, 0.05) is 25.3 Å².